The fourth-order valence-electron chi connectivity index (χ4n) is 5.01. The van der Waals surface area contributed by atoms with Crippen molar-refractivity contribution >= 4 is 33.5 Å². The van der Waals surface area contributed by atoms with Gasteiger partial charge >= 0.3 is 11.9 Å². The van der Waals surface area contributed by atoms with Crippen LogP contribution in [-0.2, 0) is 9.59 Å². The standard InChI is InChI=1S/C34H46O4/c1-5-7-9-11-13-15-21-31(35)37-33-27-19-17-18-20-28(27)34(30-24-26(4)25(3)23-29(30)33)38-32(36)22-16-14-12-10-8-6-2/h17-20,23-24H,5-16,21-22H2,1-4H3. The summed E-state index contributed by atoms with van der Waals surface area (Å²) in [7, 11) is 0. The monoisotopic (exact) mass is 518 g/mol. The van der Waals surface area contributed by atoms with Crippen molar-refractivity contribution in [2.75, 3.05) is 0 Å². The molecule has 0 atom stereocenters. The Balaban J connectivity index is 1.85. The van der Waals surface area contributed by atoms with Gasteiger partial charge in [0.2, 0.25) is 0 Å². The highest BCUT2D eigenvalue weighted by atomic mass is 16.5. The van der Waals surface area contributed by atoms with Crippen molar-refractivity contribution < 1.29 is 19.1 Å². The molecule has 206 valence electrons. The summed E-state index contributed by atoms with van der Waals surface area (Å²) in [5, 5.41) is 3.21. The van der Waals surface area contributed by atoms with Gasteiger partial charge in [0.15, 0.2) is 0 Å². The molecule has 0 saturated heterocycles. The Kier molecular flexibility index (Phi) is 12.1. The molecule has 0 unspecified atom stereocenters. The van der Waals surface area contributed by atoms with Crippen LogP contribution in [0.2, 0.25) is 0 Å². The molecule has 3 aromatic carbocycles. The lowest BCUT2D eigenvalue weighted by Gasteiger charge is -2.18. The molecular weight excluding hydrogens is 472 g/mol. The summed E-state index contributed by atoms with van der Waals surface area (Å²) in [5.74, 6) is 0.701. The number of rotatable bonds is 16. The molecule has 0 bridgehead atoms. The largest absolute Gasteiger partial charge is 0.425 e. The van der Waals surface area contributed by atoms with Gasteiger partial charge in [-0.05, 0) is 49.9 Å². The first-order chi connectivity index (χ1) is 18.5. The zero-order chi connectivity index (χ0) is 27.3. The van der Waals surface area contributed by atoms with Crippen LogP contribution in [0.5, 0.6) is 11.5 Å². The summed E-state index contributed by atoms with van der Waals surface area (Å²) in [5.41, 5.74) is 2.20. The van der Waals surface area contributed by atoms with E-state index in [9.17, 15) is 9.59 Å². The van der Waals surface area contributed by atoms with Gasteiger partial charge in [-0.1, -0.05) is 102 Å². The third-order valence-electron chi connectivity index (χ3n) is 7.44. The van der Waals surface area contributed by atoms with Crippen LogP contribution in [0.3, 0.4) is 0 Å². The van der Waals surface area contributed by atoms with Crippen LogP contribution in [0.15, 0.2) is 36.4 Å². The Morgan fingerprint density at radius 1 is 0.553 bits per heavy atom. The maximum atomic E-state index is 12.9. The smallest absolute Gasteiger partial charge is 0.311 e. The number of carbonyl (C=O) groups excluding carboxylic acids is 2. The second-order valence-electron chi connectivity index (χ2n) is 10.7. The molecule has 4 heteroatoms. The molecule has 38 heavy (non-hydrogen) atoms. The van der Waals surface area contributed by atoms with Crippen LogP contribution in [0, 0.1) is 13.8 Å². The summed E-state index contributed by atoms with van der Waals surface area (Å²) in [6.07, 6.45) is 14.3. The van der Waals surface area contributed by atoms with Crippen LogP contribution in [0.1, 0.15) is 115 Å². The number of ether oxygens (including phenoxy) is 2. The molecule has 0 aliphatic rings. The normalized spacial score (nSPS) is 11.3. The van der Waals surface area contributed by atoms with E-state index in [-0.39, 0.29) is 11.9 Å². The molecule has 0 N–H and O–H groups in total. The lowest BCUT2D eigenvalue weighted by molar-refractivity contribution is -0.135. The predicted octanol–water partition coefficient (Wildman–Crippen LogP) is 9.92. The Labute approximate surface area is 229 Å². The Morgan fingerprint density at radius 2 is 0.921 bits per heavy atom. The van der Waals surface area contributed by atoms with Crippen molar-refractivity contribution in [3.05, 3.63) is 47.5 Å². The number of unbranched alkanes of at least 4 members (excludes halogenated alkanes) is 10. The van der Waals surface area contributed by atoms with E-state index in [0.29, 0.717) is 24.3 Å². The second-order valence-corrected chi connectivity index (χ2v) is 10.7. The second kappa shape index (κ2) is 15.5. The van der Waals surface area contributed by atoms with Gasteiger partial charge in [0.05, 0.1) is 0 Å². The molecule has 3 aromatic rings. The Bertz CT molecular complexity index is 1120. The summed E-state index contributed by atoms with van der Waals surface area (Å²) in [6, 6.07) is 11.9. The molecule has 0 heterocycles. The molecule has 0 fully saturated rings. The van der Waals surface area contributed by atoms with Crippen LogP contribution >= 0.6 is 0 Å². The molecule has 0 saturated carbocycles. The first-order valence-corrected chi connectivity index (χ1v) is 14.8. The zero-order valence-electron chi connectivity index (χ0n) is 24.0. The van der Waals surface area contributed by atoms with Gasteiger partial charge < -0.3 is 9.47 Å². The molecule has 0 aliphatic carbocycles. The highest BCUT2D eigenvalue weighted by Crippen LogP contribution is 2.44. The van der Waals surface area contributed by atoms with Gasteiger partial charge in [-0.3, -0.25) is 9.59 Å². The molecule has 4 nitrogen and oxygen atoms in total. The fraction of sp³-hybridized carbons (Fsp3) is 0.529. The number of aryl methyl sites for hydroxylation is 2. The number of esters is 2. The minimum atomic E-state index is -0.210. The van der Waals surface area contributed by atoms with E-state index in [2.05, 4.69) is 39.8 Å². The van der Waals surface area contributed by atoms with Crippen molar-refractivity contribution in [2.24, 2.45) is 0 Å². The minimum absolute atomic E-state index is 0.210. The SMILES string of the molecule is CCCCCCCCC(=O)Oc1c2ccccc2c(OC(=O)CCCCCCCC)c2cc(C)c(C)cc12. The topological polar surface area (TPSA) is 52.6 Å². The fourth-order valence-corrected chi connectivity index (χ4v) is 5.01. The van der Waals surface area contributed by atoms with E-state index in [4.69, 9.17) is 9.47 Å². The van der Waals surface area contributed by atoms with Gasteiger partial charge in [-0.15, -0.1) is 0 Å². The average molecular weight is 519 g/mol. The number of fused-ring (bicyclic) bond motifs is 2. The molecule has 0 radical (unpaired) electrons. The van der Waals surface area contributed by atoms with Gasteiger partial charge in [-0.2, -0.15) is 0 Å². The van der Waals surface area contributed by atoms with Gasteiger partial charge in [-0.25, -0.2) is 0 Å². The van der Waals surface area contributed by atoms with Crippen molar-refractivity contribution in [3.63, 3.8) is 0 Å². The van der Waals surface area contributed by atoms with Crippen molar-refractivity contribution in [3.8, 4) is 11.5 Å². The average Bonchev–Trinajstić information content (AvgIpc) is 2.91. The summed E-state index contributed by atoms with van der Waals surface area (Å²) in [6.45, 7) is 8.51. The van der Waals surface area contributed by atoms with E-state index in [0.717, 1.165) is 71.2 Å². The first-order valence-electron chi connectivity index (χ1n) is 14.8. The van der Waals surface area contributed by atoms with Crippen LogP contribution in [0.25, 0.3) is 21.5 Å². The number of hydrogen-bond acceptors (Lipinski definition) is 4. The molecular formula is C34H46O4. The molecule has 3 rings (SSSR count). The quantitative estimate of drug-likeness (QED) is 0.0819. The minimum Gasteiger partial charge on any atom is -0.425 e. The third kappa shape index (κ3) is 8.31. The maximum Gasteiger partial charge on any atom is 0.311 e. The van der Waals surface area contributed by atoms with E-state index in [1.165, 1.54) is 38.5 Å². The van der Waals surface area contributed by atoms with E-state index >= 15 is 0 Å². The Hall–Kier alpha value is -2.88. The van der Waals surface area contributed by atoms with Crippen LogP contribution < -0.4 is 9.47 Å². The first kappa shape index (κ1) is 29.7. The summed E-state index contributed by atoms with van der Waals surface area (Å²) >= 11 is 0. The molecule has 0 aliphatic heterocycles. The van der Waals surface area contributed by atoms with Gasteiger partial charge in [0, 0.05) is 34.4 Å². The lowest BCUT2D eigenvalue weighted by atomic mass is 9.96. The number of carbonyl (C=O) groups is 2. The van der Waals surface area contributed by atoms with Crippen molar-refractivity contribution in [2.45, 2.75) is 118 Å². The zero-order valence-corrected chi connectivity index (χ0v) is 24.0. The van der Waals surface area contributed by atoms with Crippen molar-refractivity contribution in [1.82, 2.24) is 0 Å². The molecule has 0 amide bonds. The van der Waals surface area contributed by atoms with Crippen molar-refractivity contribution in [1.29, 1.82) is 0 Å². The van der Waals surface area contributed by atoms with E-state index in [1.54, 1.807) is 0 Å². The summed E-state index contributed by atoms with van der Waals surface area (Å²) < 4.78 is 12.1. The predicted molar refractivity (Wildman–Crippen MR) is 158 cm³/mol. The third-order valence-corrected chi connectivity index (χ3v) is 7.44. The molecule has 0 aromatic heterocycles. The highest BCUT2D eigenvalue weighted by Gasteiger charge is 2.21. The van der Waals surface area contributed by atoms with Gasteiger partial charge in [0.25, 0.3) is 0 Å². The number of hydrogen-bond donors (Lipinski definition) is 0. The van der Waals surface area contributed by atoms with E-state index in [1.807, 2.05) is 24.3 Å². The maximum absolute atomic E-state index is 12.9. The summed E-state index contributed by atoms with van der Waals surface area (Å²) in [4.78, 5) is 25.8. The van der Waals surface area contributed by atoms with E-state index < -0.39 is 0 Å². The molecule has 0 spiro atoms. The lowest BCUT2D eigenvalue weighted by Crippen LogP contribution is -2.11. The Morgan fingerprint density at radius 3 is 1.32 bits per heavy atom. The highest BCUT2D eigenvalue weighted by molar-refractivity contribution is 6.13. The van der Waals surface area contributed by atoms with Crippen LogP contribution in [0.4, 0.5) is 0 Å². The van der Waals surface area contributed by atoms with Gasteiger partial charge in [0.1, 0.15) is 11.5 Å². The number of benzene rings is 3. The van der Waals surface area contributed by atoms with Crippen LogP contribution in [-0.4, -0.2) is 11.9 Å².